The Morgan fingerprint density at radius 2 is 1.95 bits per heavy atom. The number of rotatable bonds is 3. The van der Waals surface area contributed by atoms with E-state index < -0.39 is 6.04 Å². The van der Waals surface area contributed by atoms with Gasteiger partial charge < -0.3 is 10.5 Å². The first-order valence-electron chi connectivity index (χ1n) is 5.57. The quantitative estimate of drug-likeness (QED) is 0.798. The number of hydrogen-bond acceptors (Lipinski definition) is 2. The molecule has 2 nitrogen and oxygen atoms in total. The van der Waals surface area contributed by atoms with E-state index in [1.807, 2.05) is 0 Å². The fourth-order valence-electron chi connectivity index (χ4n) is 1.87. The van der Waals surface area contributed by atoms with Gasteiger partial charge in [-0.2, -0.15) is 0 Å². The van der Waals surface area contributed by atoms with Gasteiger partial charge in [0.1, 0.15) is 11.6 Å². The third kappa shape index (κ3) is 3.19. The van der Waals surface area contributed by atoms with Gasteiger partial charge in [-0.1, -0.05) is 17.7 Å². The fraction of sp³-hybridized carbons (Fsp3) is 0.143. The summed E-state index contributed by atoms with van der Waals surface area (Å²) in [5, 5.41) is 0.586. The maximum atomic E-state index is 13.1. The van der Waals surface area contributed by atoms with Crippen LogP contribution in [0.25, 0.3) is 0 Å². The van der Waals surface area contributed by atoms with E-state index in [0.717, 1.165) is 14.7 Å². The van der Waals surface area contributed by atoms with E-state index in [2.05, 4.69) is 22.6 Å². The van der Waals surface area contributed by atoms with Gasteiger partial charge in [-0.05, 0) is 58.5 Å². The van der Waals surface area contributed by atoms with Crippen LogP contribution in [0.15, 0.2) is 36.4 Å². The smallest absolute Gasteiger partial charge is 0.124 e. The van der Waals surface area contributed by atoms with E-state index in [0.29, 0.717) is 10.8 Å². The molecule has 0 aliphatic heterocycles. The SMILES string of the molecule is COc1ccc(Cl)cc1C(N)c1ccc(F)cc1I. The maximum Gasteiger partial charge on any atom is 0.124 e. The Hall–Kier alpha value is -0.850. The zero-order valence-electron chi connectivity index (χ0n) is 10.2. The van der Waals surface area contributed by atoms with Crippen molar-refractivity contribution in [1.82, 2.24) is 0 Å². The first kappa shape index (κ1) is 14.6. The van der Waals surface area contributed by atoms with Gasteiger partial charge in [0.15, 0.2) is 0 Å². The average molecular weight is 392 g/mol. The number of nitrogens with two attached hydrogens (primary N) is 1. The third-order valence-electron chi connectivity index (χ3n) is 2.82. The minimum Gasteiger partial charge on any atom is -0.496 e. The number of hydrogen-bond donors (Lipinski definition) is 1. The van der Waals surface area contributed by atoms with Crippen LogP contribution >= 0.6 is 34.2 Å². The molecule has 1 unspecified atom stereocenters. The second-order valence-electron chi connectivity index (χ2n) is 4.03. The fourth-order valence-corrected chi connectivity index (χ4v) is 2.86. The van der Waals surface area contributed by atoms with Gasteiger partial charge in [-0.15, -0.1) is 0 Å². The van der Waals surface area contributed by atoms with E-state index in [9.17, 15) is 4.39 Å². The van der Waals surface area contributed by atoms with Crippen LogP contribution in [0.1, 0.15) is 17.2 Å². The van der Waals surface area contributed by atoms with Gasteiger partial charge >= 0.3 is 0 Å². The molecule has 2 N–H and O–H groups in total. The topological polar surface area (TPSA) is 35.2 Å². The van der Waals surface area contributed by atoms with E-state index in [-0.39, 0.29) is 5.82 Å². The third-order valence-corrected chi connectivity index (χ3v) is 3.99. The highest BCUT2D eigenvalue weighted by molar-refractivity contribution is 14.1. The zero-order chi connectivity index (χ0) is 14.0. The summed E-state index contributed by atoms with van der Waals surface area (Å²) < 4.78 is 19.2. The van der Waals surface area contributed by atoms with E-state index in [4.69, 9.17) is 22.1 Å². The van der Waals surface area contributed by atoms with Crippen LogP contribution in [-0.4, -0.2) is 7.11 Å². The highest BCUT2D eigenvalue weighted by atomic mass is 127. The highest BCUT2D eigenvalue weighted by Gasteiger charge is 2.17. The Kier molecular flexibility index (Phi) is 4.65. The molecule has 0 radical (unpaired) electrons. The van der Waals surface area contributed by atoms with Crippen molar-refractivity contribution in [1.29, 1.82) is 0 Å². The molecule has 2 rings (SSSR count). The lowest BCUT2D eigenvalue weighted by Gasteiger charge is -2.17. The number of halogens is 3. The summed E-state index contributed by atoms with van der Waals surface area (Å²) in [5.41, 5.74) is 7.86. The minimum atomic E-state index is -0.416. The Morgan fingerprint density at radius 1 is 1.21 bits per heavy atom. The van der Waals surface area contributed by atoms with E-state index >= 15 is 0 Å². The van der Waals surface area contributed by atoms with Gasteiger partial charge in [0, 0.05) is 14.2 Å². The summed E-state index contributed by atoms with van der Waals surface area (Å²) in [7, 11) is 1.58. The zero-order valence-corrected chi connectivity index (χ0v) is 13.1. The normalized spacial score (nSPS) is 12.3. The van der Waals surface area contributed by atoms with Crippen LogP contribution in [-0.2, 0) is 0 Å². The minimum absolute atomic E-state index is 0.279. The van der Waals surface area contributed by atoms with Crippen molar-refractivity contribution in [3.8, 4) is 5.75 Å². The van der Waals surface area contributed by atoms with Crippen LogP contribution < -0.4 is 10.5 Å². The van der Waals surface area contributed by atoms with E-state index in [1.54, 1.807) is 31.4 Å². The molecule has 5 heteroatoms. The largest absolute Gasteiger partial charge is 0.496 e. The van der Waals surface area contributed by atoms with Crippen LogP contribution in [0.5, 0.6) is 5.75 Å². The maximum absolute atomic E-state index is 13.1. The van der Waals surface area contributed by atoms with Crippen molar-refractivity contribution in [2.45, 2.75) is 6.04 Å². The second-order valence-corrected chi connectivity index (χ2v) is 5.63. The summed E-state index contributed by atoms with van der Waals surface area (Å²) in [5.74, 6) is 0.385. The van der Waals surface area contributed by atoms with Gasteiger partial charge in [0.25, 0.3) is 0 Å². The van der Waals surface area contributed by atoms with Gasteiger partial charge in [0.2, 0.25) is 0 Å². The Labute approximate surface area is 129 Å². The molecule has 0 saturated heterocycles. The molecule has 2 aromatic rings. The van der Waals surface area contributed by atoms with Gasteiger partial charge in [0.05, 0.1) is 13.2 Å². The molecular weight excluding hydrogens is 380 g/mol. The molecule has 0 aliphatic carbocycles. The lowest BCUT2D eigenvalue weighted by atomic mass is 9.99. The standard InChI is InChI=1S/C14H12ClFINO/c1-19-13-5-2-8(15)6-11(13)14(18)10-4-3-9(16)7-12(10)17/h2-7,14H,18H2,1H3. The van der Waals surface area contributed by atoms with Crippen LogP contribution in [0.2, 0.25) is 5.02 Å². The monoisotopic (exact) mass is 391 g/mol. The summed E-state index contributed by atoms with van der Waals surface area (Å²) in [6, 6.07) is 9.40. The predicted molar refractivity (Wildman–Crippen MR) is 83.2 cm³/mol. The van der Waals surface area contributed by atoms with Crippen molar-refractivity contribution in [3.63, 3.8) is 0 Å². The molecule has 0 spiro atoms. The van der Waals surface area contributed by atoms with Crippen molar-refractivity contribution < 1.29 is 9.13 Å². The van der Waals surface area contributed by atoms with Crippen molar-refractivity contribution >= 4 is 34.2 Å². The molecule has 2 aromatic carbocycles. The molecule has 100 valence electrons. The molecule has 0 fully saturated rings. The molecule has 0 heterocycles. The molecule has 0 amide bonds. The molecule has 0 bridgehead atoms. The number of ether oxygens (including phenoxy) is 1. The molecular formula is C14H12ClFINO. The molecule has 0 aromatic heterocycles. The first-order valence-corrected chi connectivity index (χ1v) is 7.02. The van der Waals surface area contributed by atoms with Crippen LogP contribution in [0.3, 0.4) is 0 Å². The van der Waals surface area contributed by atoms with E-state index in [1.165, 1.54) is 12.1 Å². The van der Waals surface area contributed by atoms with Crippen molar-refractivity contribution in [2.24, 2.45) is 5.73 Å². The summed E-state index contributed by atoms with van der Waals surface area (Å²) in [6.07, 6.45) is 0. The van der Waals surface area contributed by atoms with Crippen molar-refractivity contribution in [2.75, 3.05) is 7.11 Å². The molecule has 1 atom stereocenters. The molecule has 0 aliphatic rings. The summed E-state index contributed by atoms with van der Waals surface area (Å²) >= 11 is 8.06. The second kappa shape index (κ2) is 6.07. The molecule has 19 heavy (non-hydrogen) atoms. The Balaban J connectivity index is 2.49. The summed E-state index contributed by atoms with van der Waals surface area (Å²) in [4.78, 5) is 0. The van der Waals surface area contributed by atoms with Gasteiger partial charge in [-0.25, -0.2) is 4.39 Å². The Morgan fingerprint density at radius 3 is 2.58 bits per heavy atom. The highest BCUT2D eigenvalue weighted by Crippen LogP contribution is 2.32. The van der Waals surface area contributed by atoms with Crippen LogP contribution in [0, 0.1) is 9.39 Å². The predicted octanol–water partition coefficient (Wildman–Crippen LogP) is 4.14. The van der Waals surface area contributed by atoms with Crippen LogP contribution in [0.4, 0.5) is 4.39 Å². The number of methoxy groups -OCH3 is 1. The lowest BCUT2D eigenvalue weighted by molar-refractivity contribution is 0.408. The van der Waals surface area contributed by atoms with Gasteiger partial charge in [-0.3, -0.25) is 0 Å². The summed E-state index contributed by atoms with van der Waals surface area (Å²) in [6.45, 7) is 0. The Bertz CT molecular complexity index is 606. The average Bonchev–Trinajstić information content (AvgIpc) is 2.38. The first-order chi connectivity index (χ1) is 9.02. The number of benzene rings is 2. The lowest BCUT2D eigenvalue weighted by Crippen LogP contribution is -2.14. The molecule has 0 saturated carbocycles. The van der Waals surface area contributed by atoms with Crippen molar-refractivity contribution in [3.05, 3.63) is 61.9 Å².